The van der Waals surface area contributed by atoms with E-state index in [9.17, 15) is 4.79 Å². The van der Waals surface area contributed by atoms with Gasteiger partial charge < -0.3 is 4.74 Å². The van der Waals surface area contributed by atoms with Gasteiger partial charge in [0.1, 0.15) is 5.75 Å². The Balaban J connectivity index is 2.53. The second-order valence-electron chi connectivity index (χ2n) is 3.58. The van der Waals surface area contributed by atoms with Gasteiger partial charge in [-0.2, -0.15) is 0 Å². The van der Waals surface area contributed by atoms with Crippen molar-refractivity contribution in [2.45, 2.75) is 19.8 Å². The number of hydrogen-bond donors (Lipinski definition) is 2. The van der Waals surface area contributed by atoms with Gasteiger partial charge in [0.05, 0.1) is 0 Å². The summed E-state index contributed by atoms with van der Waals surface area (Å²) in [6, 6.07) is 7.67. The summed E-state index contributed by atoms with van der Waals surface area (Å²) in [6.07, 6.45) is 0. The van der Waals surface area contributed by atoms with Gasteiger partial charge in [-0.15, -0.1) is 0 Å². The lowest BCUT2D eigenvalue weighted by Gasteiger charge is -2.08. The van der Waals surface area contributed by atoms with Gasteiger partial charge in [0.2, 0.25) is 0 Å². The lowest BCUT2D eigenvalue weighted by atomic mass is 10.0. The van der Waals surface area contributed by atoms with Gasteiger partial charge >= 0.3 is 0 Å². The van der Waals surface area contributed by atoms with Crippen LogP contribution in [0.3, 0.4) is 0 Å². The number of hydrazine groups is 1. The highest BCUT2D eigenvalue weighted by Crippen LogP contribution is 2.18. The number of carbonyl (C=O) groups excluding carboxylic acids is 1. The third-order valence-corrected chi connectivity index (χ3v) is 2.08. The van der Waals surface area contributed by atoms with Gasteiger partial charge in [0.25, 0.3) is 5.91 Å². The summed E-state index contributed by atoms with van der Waals surface area (Å²) in [5, 5.41) is 0. The summed E-state index contributed by atoms with van der Waals surface area (Å²) in [5.41, 5.74) is 3.24. The molecular formula is C11H16N2O2. The predicted molar refractivity (Wildman–Crippen MR) is 58.4 cm³/mol. The zero-order valence-corrected chi connectivity index (χ0v) is 8.99. The SMILES string of the molecule is CC(C)c1ccc(OCC(=O)NN)cc1. The largest absolute Gasteiger partial charge is 0.484 e. The van der Waals surface area contributed by atoms with Gasteiger partial charge in [-0.1, -0.05) is 26.0 Å². The van der Waals surface area contributed by atoms with E-state index in [4.69, 9.17) is 10.6 Å². The quantitative estimate of drug-likeness (QED) is 0.443. The van der Waals surface area contributed by atoms with Crippen LogP contribution in [0.15, 0.2) is 24.3 Å². The summed E-state index contributed by atoms with van der Waals surface area (Å²) in [5.74, 6) is 5.74. The average molecular weight is 208 g/mol. The van der Waals surface area contributed by atoms with Crippen molar-refractivity contribution < 1.29 is 9.53 Å². The predicted octanol–water partition coefficient (Wildman–Crippen LogP) is 1.18. The second-order valence-corrected chi connectivity index (χ2v) is 3.58. The zero-order chi connectivity index (χ0) is 11.3. The molecule has 1 aromatic carbocycles. The molecular weight excluding hydrogens is 192 g/mol. The fourth-order valence-electron chi connectivity index (χ4n) is 1.14. The van der Waals surface area contributed by atoms with Crippen LogP contribution in [0.5, 0.6) is 5.75 Å². The highest BCUT2D eigenvalue weighted by Gasteiger charge is 2.01. The number of amides is 1. The van der Waals surface area contributed by atoms with E-state index in [2.05, 4.69) is 13.8 Å². The minimum Gasteiger partial charge on any atom is -0.484 e. The van der Waals surface area contributed by atoms with Gasteiger partial charge in [0.15, 0.2) is 6.61 Å². The maximum absolute atomic E-state index is 10.8. The molecule has 82 valence electrons. The zero-order valence-electron chi connectivity index (χ0n) is 8.99. The van der Waals surface area contributed by atoms with Crippen LogP contribution in [0, 0.1) is 0 Å². The summed E-state index contributed by atoms with van der Waals surface area (Å²) >= 11 is 0. The van der Waals surface area contributed by atoms with Crippen molar-refractivity contribution in [2.24, 2.45) is 5.84 Å². The second kappa shape index (κ2) is 5.36. The number of nitrogens with two attached hydrogens (primary N) is 1. The third kappa shape index (κ3) is 3.59. The van der Waals surface area contributed by atoms with Crippen LogP contribution >= 0.6 is 0 Å². The highest BCUT2D eigenvalue weighted by atomic mass is 16.5. The Morgan fingerprint density at radius 3 is 2.47 bits per heavy atom. The van der Waals surface area contributed by atoms with E-state index in [-0.39, 0.29) is 12.5 Å². The van der Waals surface area contributed by atoms with E-state index in [1.807, 2.05) is 29.7 Å². The lowest BCUT2D eigenvalue weighted by molar-refractivity contribution is -0.123. The van der Waals surface area contributed by atoms with E-state index in [0.29, 0.717) is 11.7 Å². The molecule has 0 aromatic heterocycles. The molecule has 4 heteroatoms. The number of ether oxygens (including phenoxy) is 1. The van der Waals surface area contributed by atoms with Crippen LogP contribution in [0.4, 0.5) is 0 Å². The molecule has 0 aliphatic rings. The first-order valence-corrected chi connectivity index (χ1v) is 4.85. The molecule has 1 amide bonds. The topological polar surface area (TPSA) is 64.3 Å². The lowest BCUT2D eigenvalue weighted by Crippen LogP contribution is -2.34. The number of benzene rings is 1. The van der Waals surface area contributed by atoms with Gasteiger partial charge in [-0.3, -0.25) is 10.2 Å². The Morgan fingerprint density at radius 2 is 2.00 bits per heavy atom. The van der Waals surface area contributed by atoms with Crippen LogP contribution in [0.1, 0.15) is 25.3 Å². The van der Waals surface area contributed by atoms with Gasteiger partial charge in [-0.05, 0) is 23.6 Å². The molecule has 1 aromatic rings. The first-order chi connectivity index (χ1) is 7.13. The van der Waals surface area contributed by atoms with E-state index < -0.39 is 0 Å². The maximum atomic E-state index is 10.8. The molecule has 0 aliphatic heterocycles. The molecule has 0 radical (unpaired) electrons. The highest BCUT2D eigenvalue weighted by molar-refractivity contribution is 5.76. The third-order valence-electron chi connectivity index (χ3n) is 2.08. The molecule has 15 heavy (non-hydrogen) atoms. The molecule has 0 bridgehead atoms. The number of carbonyl (C=O) groups is 1. The van der Waals surface area contributed by atoms with Crippen LogP contribution in [-0.4, -0.2) is 12.5 Å². The Bertz CT molecular complexity index is 320. The molecule has 1 rings (SSSR count). The Labute approximate surface area is 89.4 Å². The van der Waals surface area contributed by atoms with Gasteiger partial charge in [-0.25, -0.2) is 5.84 Å². The monoisotopic (exact) mass is 208 g/mol. The molecule has 3 N–H and O–H groups in total. The smallest absolute Gasteiger partial charge is 0.271 e. The summed E-state index contributed by atoms with van der Waals surface area (Å²) in [6.45, 7) is 4.19. The van der Waals surface area contributed by atoms with Crippen LogP contribution in [-0.2, 0) is 4.79 Å². The summed E-state index contributed by atoms with van der Waals surface area (Å²) in [7, 11) is 0. The molecule has 0 saturated heterocycles. The standard InChI is InChI=1S/C11H16N2O2/c1-8(2)9-3-5-10(6-4-9)15-7-11(14)13-12/h3-6,8H,7,12H2,1-2H3,(H,13,14). The van der Waals surface area contributed by atoms with Crippen molar-refractivity contribution in [1.29, 1.82) is 0 Å². The maximum Gasteiger partial charge on any atom is 0.271 e. The normalized spacial score (nSPS) is 10.1. The molecule has 0 fully saturated rings. The fraction of sp³-hybridized carbons (Fsp3) is 0.364. The number of nitrogens with one attached hydrogen (secondary N) is 1. The Morgan fingerprint density at radius 1 is 1.40 bits per heavy atom. The van der Waals surface area contributed by atoms with Crippen molar-refractivity contribution in [1.82, 2.24) is 5.43 Å². The molecule has 0 saturated carbocycles. The molecule has 4 nitrogen and oxygen atoms in total. The van der Waals surface area contributed by atoms with Crippen molar-refractivity contribution in [3.8, 4) is 5.75 Å². The minimum atomic E-state index is -0.345. The molecule has 0 spiro atoms. The number of hydrogen-bond acceptors (Lipinski definition) is 3. The molecule has 0 unspecified atom stereocenters. The molecule has 0 aliphatic carbocycles. The average Bonchev–Trinajstić information content (AvgIpc) is 2.26. The minimum absolute atomic E-state index is 0.0580. The Kier molecular flexibility index (Phi) is 4.12. The van der Waals surface area contributed by atoms with Crippen LogP contribution in [0.25, 0.3) is 0 Å². The van der Waals surface area contributed by atoms with E-state index >= 15 is 0 Å². The first kappa shape index (κ1) is 11.5. The van der Waals surface area contributed by atoms with E-state index in [0.717, 1.165) is 0 Å². The van der Waals surface area contributed by atoms with Crippen LogP contribution in [0.2, 0.25) is 0 Å². The fourth-order valence-corrected chi connectivity index (χ4v) is 1.14. The molecule has 0 heterocycles. The van der Waals surface area contributed by atoms with E-state index in [1.54, 1.807) is 0 Å². The van der Waals surface area contributed by atoms with Crippen molar-refractivity contribution in [3.05, 3.63) is 29.8 Å². The summed E-state index contributed by atoms with van der Waals surface area (Å²) in [4.78, 5) is 10.8. The first-order valence-electron chi connectivity index (χ1n) is 4.85. The van der Waals surface area contributed by atoms with E-state index in [1.165, 1.54) is 5.56 Å². The Hall–Kier alpha value is -1.55. The number of rotatable bonds is 4. The van der Waals surface area contributed by atoms with Crippen LogP contribution < -0.4 is 16.0 Å². The summed E-state index contributed by atoms with van der Waals surface area (Å²) < 4.78 is 5.20. The van der Waals surface area contributed by atoms with Crippen molar-refractivity contribution in [2.75, 3.05) is 6.61 Å². The van der Waals surface area contributed by atoms with Crippen molar-refractivity contribution in [3.63, 3.8) is 0 Å². The molecule has 0 atom stereocenters. The van der Waals surface area contributed by atoms with Gasteiger partial charge in [0, 0.05) is 0 Å². The van der Waals surface area contributed by atoms with Crippen molar-refractivity contribution >= 4 is 5.91 Å².